The van der Waals surface area contributed by atoms with Crippen molar-refractivity contribution in [2.24, 2.45) is 11.8 Å². The molecule has 0 spiro atoms. The van der Waals surface area contributed by atoms with Crippen molar-refractivity contribution in [3.63, 3.8) is 0 Å². The third kappa shape index (κ3) is 10.9. The van der Waals surface area contributed by atoms with Crippen molar-refractivity contribution < 1.29 is 51.4 Å². The third-order valence-corrected chi connectivity index (χ3v) is 11.0. The quantitative estimate of drug-likeness (QED) is 0.162. The molecule has 3 aromatic rings. The zero-order valence-electron chi connectivity index (χ0n) is 34.9. The van der Waals surface area contributed by atoms with E-state index in [1.807, 2.05) is 30.3 Å². The highest BCUT2D eigenvalue weighted by atomic mass is 19.1. The Morgan fingerprint density at radius 3 is 2.26 bits per heavy atom. The highest BCUT2D eigenvalue weighted by molar-refractivity contribution is 6.13. The molecule has 5 amide bonds. The topological polar surface area (TPSA) is 152 Å². The van der Waals surface area contributed by atoms with Gasteiger partial charge in [-0.2, -0.15) is 0 Å². The normalized spacial score (nSPS) is 19.3. The maximum Gasteiger partial charge on any atom is 0.410 e. The van der Waals surface area contributed by atoms with Crippen molar-refractivity contribution in [2.45, 2.75) is 84.3 Å². The van der Waals surface area contributed by atoms with Crippen LogP contribution in [0.5, 0.6) is 0 Å². The number of carbonyl (C=O) groups is 6. The van der Waals surface area contributed by atoms with Gasteiger partial charge in [-0.25, -0.2) is 22.9 Å². The molecule has 2 aromatic carbocycles. The van der Waals surface area contributed by atoms with Crippen LogP contribution >= 0.6 is 0 Å². The first-order valence-electron chi connectivity index (χ1n) is 20.4. The second-order valence-electron chi connectivity index (χ2n) is 16.7. The minimum Gasteiger partial charge on any atom is -0.453 e. The van der Waals surface area contributed by atoms with E-state index in [4.69, 9.17) is 14.5 Å². The zero-order valence-corrected chi connectivity index (χ0v) is 34.9. The molecule has 1 aromatic heterocycles. The van der Waals surface area contributed by atoms with Gasteiger partial charge in [0.25, 0.3) is 17.7 Å². The first kappa shape index (κ1) is 44.5. The lowest BCUT2D eigenvalue weighted by atomic mass is 9.86. The Hall–Kier alpha value is -6.00. The maximum atomic E-state index is 16.2. The van der Waals surface area contributed by atoms with Gasteiger partial charge in [0.2, 0.25) is 5.91 Å². The molecule has 4 heterocycles. The second kappa shape index (κ2) is 18.7. The second-order valence-corrected chi connectivity index (χ2v) is 16.7. The Balaban J connectivity index is 1.41. The summed E-state index contributed by atoms with van der Waals surface area (Å²) in [5.41, 5.74) is -0.0906. The van der Waals surface area contributed by atoms with Crippen molar-refractivity contribution in [1.29, 1.82) is 0 Å². The summed E-state index contributed by atoms with van der Waals surface area (Å²) in [4.78, 5) is 87.9. The van der Waals surface area contributed by atoms with Crippen LogP contribution in [0.4, 0.5) is 18.0 Å². The molecule has 0 radical (unpaired) electrons. The third-order valence-electron chi connectivity index (χ3n) is 11.0. The summed E-state index contributed by atoms with van der Waals surface area (Å²) in [7, 11) is 0. The van der Waals surface area contributed by atoms with E-state index in [0.717, 1.165) is 47.7 Å². The lowest BCUT2D eigenvalue weighted by Gasteiger charge is -2.42. The minimum absolute atomic E-state index is 0.0711. The van der Waals surface area contributed by atoms with E-state index in [1.165, 1.54) is 16.7 Å². The fraction of sp³-hybridized carbons (Fsp3) is 0.477. The fourth-order valence-corrected chi connectivity index (χ4v) is 8.09. The van der Waals surface area contributed by atoms with Crippen LogP contribution < -0.4 is 0 Å². The number of alkyl halides is 1. The Morgan fingerprint density at radius 1 is 0.951 bits per heavy atom. The van der Waals surface area contributed by atoms with E-state index in [0.29, 0.717) is 12.8 Å². The number of ether oxygens (including phenoxy) is 2. The van der Waals surface area contributed by atoms with Crippen molar-refractivity contribution >= 4 is 35.7 Å². The first-order chi connectivity index (χ1) is 28.9. The molecule has 0 bridgehead atoms. The largest absolute Gasteiger partial charge is 0.453 e. The number of imidazole rings is 1. The van der Waals surface area contributed by atoms with Gasteiger partial charge >= 0.3 is 12.1 Å². The van der Waals surface area contributed by atoms with E-state index < -0.39 is 77.2 Å². The minimum atomic E-state index is -1.59. The van der Waals surface area contributed by atoms with Crippen LogP contribution in [0.15, 0.2) is 66.9 Å². The van der Waals surface area contributed by atoms with Gasteiger partial charge in [0.1, 0.15) is 29.2 Å². The molecular formula is C44H51F3N6O8. The Labute approximate surface area is 352 Å². The summed E-state index contributed by atoms with van der Waals surface area (Å²) in [6.45, 7) is 7.48. The summed E-state index contributed by atoms with van der Waals surface area (Å²) in [5, 5.41) is 0. The van der Waals surface area contributed by atoms with Gasteiger partial charge in [-0.1, -0.05) is 30.3 Å². The maximum absolute atomic E-state index is 16.2. The van der Waals surface area contributed by atoms with Gasteiger partial charge < -0.3 is 28.7 Å². The molecule has 4 atom stereocenters. The number of hydrogen-bond donors (Lipinski definition) is 0. The van der Waals surface area contributed by atoms with E-state index in [2.05, 4.69) is 0 Å². The molecule has 326 valence electrons. The average molecular weight is 849 g/mol. The summed E-state index contributed by atoms with van der Waals surface area (Å²) >= 11 is 0. The number of carbonyl (C=O) groups excluding carboxylic acids is 6. The van der Waals surface area contributed by atoms with Crippen molar-refractivity contribution in [3.8, 4) is 11.3 Å². The molecule has 0 N–H and O–H groups in total. The van der Waals surface area contributed by atoms with Crippen molar-refractivity contribution in [3.05, 3.63) is 89.9 Å². The number of halogens is 3. The molecule has 2 saturated heterocycles. The lowest BCUT2D eigenvalue weighted by molar-refractivity contribution is -0.160. The number of imide groups is 1. The standard InChI is InChI=1S/C44H51F3N6O8/c1-27(60-28(2)54)42(58)53(24-31-23-51(25-35(31)47)43(59)61-44(3,4)5)40(30-15-18-49(19-16-30)37(55)17-20-52-38(56)13-14-39(52)57)41-48-36(33-21-32(45)11-12-34(33)46)26-50(41)22-29-9-7-6-8-10-29/h6-14,21,26-27,30-31,35,40H,15-20,22-25H2,1-5H3. The van der Waals surface area contributed by atoms with Crippen LogP contribution in [0.1, 0.15) is 71.3 Å². The van der Waals surface area contributed by atoms with Gasteiger partial charge in [-0.05, 0) is 70.2 Å². The molecule has 61 heavy (non-hydrogen) atoms. The van der Waals surface area contributed by atoms with Gasteiger partial charge in [0, 0.05) is 82.4 Å². The summed E-state index contributed by atoms with van der Waals surface area (Å²) in [6.07, 6.45) is 0.704. The summed E-state index contributed by atoms with van der Waals surface area (Å²) < 4.78 is 58.9. The molecule has 4 unspecified atom stereocenters. The van der Waals surface area contributed by atoms with Crippen molar-refractivity contribution in [1.82, 2.24) is 29.2 Å². The monoisotopic (exact) mass is 848 g/mol. The predicted molar refractivity (Wildman–Crippen MR) is 215 cm³/mol. The summed E-state index contributed by atoms with van der Waals surface area (Å²) in [5.74, 6) is -5.27. The van der Waals surface area contributed by atoms with Crippen LogP contribution in [-0.4, -0.2) is 122 Å². The number of amides is 5. The number of hydrogen-bond acceptors (Lipinski definition) is 9. The van der Waals surface area contributed by atoms with Crippen LogP contribution in [-0.2, 0) is 40.0 Å². The number of rotatable bonds is 13. The molecule has 0 saturated carbocycles. The van der Waals surface area contributed by atoms with E-state index in [1.54, 1.807) is 36.4 Å². The van der Waals surface area contributed by atoms with Crippen molar-refractivity contribution in [2.75, 3.05) is 39.3 Å². The Morgan fingerprint density at radius 2 is 1.62 bits per heavy atom. The van der Waals surface area contributed by atoms with Crippen LogP contribution in [0.2, 0.25) is 0 Å². The van der Waals surface area contributed by atoms with Gasteiger partial charge in [0.05, 0.1) is 18.3 Å². The molecule has 14 nitrogen and oxygen atoms in total. The number of benzene rings is 2. The molecule has 17 heteroatoms. The average Bonchev–Trinajstić information content (AvgIpc) is 3.89. The smallest absolute Gasteiger partial charge is 0.410 e. The number of piperidine rings is 1. The zero-order chi connectivity index (χ0) is 44.2. The van der Waals surface area contributed by atoms with Gasteiger partial charge in [-0.15, -0.1) is 0 Å². The van der Waals surface area contributed by atoms with Gasteiger partial charge in [-0.3, -0.25) is 28.9 Å². The highest BCUT2D eigenvalue weighted by Gasteiger charge is 2.45. The number of nitrogens with zero attached hydrogens (tertiary/aromatic N) is 6. The van der Waals surface area contributed by atoms with E-state index in [-0.39, 0.29) is 75.2 Å². The number of likely N-dealkylation sites (tertiary alicyclic amines) is 2. The molecule has 3 aliphatic rings. The molecule has 0 aliphatic carbocycles. The lowest BCUT2D eigenvalue weighted by Crippen LogP contribution is -2.50. The first-order valence-corrected chi connectivity index (χ1v) is 20.4. The molecule has 3 aliphatic heterocycles. The Kier molecular flexibility index (Phi) is 13.7. The number of esters is 1. The van der Waals surface area contributed by atoms with Crippen LogP contribution in [0.25, 0.3) is 11.3 Å². The SMILES string of the molecule is CC(=O)OC(C)C(=O)N(CC1CN(C(=O)OC(C)(C)C)CC1F)C(c1nc(-c2cc(F)ccc2F)cn1Cc1ccccc1)C1CCN(C(=O)CCN2C(=O)C=CC2=O)CC1. The van der Waals surface area contributed by atoms with Crippen LogP contribution in [0.3, 0.4) is 0 Å². The van der Waals surface area contributed by atoms with Gasteiger partial charge in [0.15, 0.2) is 6.10 Å². The van der Waals surface area contributed by atoms with E-state index in [9.17, 15) is 33.2 Å². The number of aromatic nitrogens is 2. The fourth-order valence-electron chi connectivity index (χ4n) is 8.09. The molecular weight excluding hydrogens is 798 g/mol. The van der Waals surface area contributed by atoms with Crippen LogP contribution in [0, 0.1) is 23.5 Å². The summed E-state index contributed by atoms with van der Waals surface area (Å²) in [6, 6.07) is 11.2. The predicted octanol–water partition coefficient (Wildman–Crippen LogP) is 5.46. The molecule has 6 rings (SSSR count). The Bertz CT molecular complexity index is 2150. The highest BCUT2D eigenvalue weighted by Crippen LogP contribution is 2.39. The van der Waals surface area contributed by atoms with E-state index >= 15 is 8.78 Å². The molecule has 2 fully saturated rings.